The average Bonchev–Trinajstić information content (AvgIpc) is 0.770. The number of alkyl carbamates (subject to hydrolysis) is 1. The Bertz CT molecular complexity index is 4520. The molecule has 8 N–H and O–H groups in total. The van der Waals surface area contributed by atoms with Crippen LogP contribution < -0.4 is 10.6 Å². The highest BCUT2D eigenvalue weighted by Crippen LogP contribution is 2.42. The van der Waals surface area contributed by atoms with Crippen molar-refractivity contribution in [2.45, 2.75) is 273 Å². The molecule has 29 nitrogen and oxygen atoms in total. The molecule has 6 heterocycles. The number of benzene rings is 8. The lowest BCUT2D eigenvalue weighted by Gasteiger charge is -2.51. The van der Waals surface area contributed by atoms with Gasteiger partial charge in [-0.05, 0) is 72.2 Å². The minimum atomic E-state index is -1.61. The number of aliphatic hydroxyl groups is 6. The second kappa shape index (κ2) is 49.3. The van der Waals surface area contributed by atoms with E-state index in [4.69, 9.17) is 90.0 Å². The Kier molecular flexibility index (Phi) is 37.5. The van der Waals surface area contributed by atoms with Crippen LogP contribution in [0.2, 0.25) is 0 Å². The number of aliphatic hydroxyl groups excluding tert-OH is 6. The predicted octanol–water partition coefficient (Wildman–Crippen LogP) is 9.90. The molecule has 2 amide bonds. The number of methoxy groups -OCH3 is 1. The van der Waals surface area contributed by atoms with E-state index in [1.165, 1.54) is 14.0 Å². The SMILES string of the molecule is CC(=O)NC1[C@H](OC2[C@H](C)OC(C)[C@H](OCc3ccccc3)[C@@H]2O[C@H]2O[C@@H](COCc3ccccc3)[C@@H](OCc3ccccc3)C(OCc3ccccc3)C2C)OC(CO)[C@@H](O)[C@@H]1O.COC(=O)NC1[C@H](OC2[C@H](C)OC(C)[C@H](OCc3ccccc3)[C@@H]2O[C@H]2O[C@@H](COCc3ccccc3)[C@@H](OCc3ccccc3)C(OCc3ccccc3)C2C)OC(CO)[C@@H](O)[C@@H]1O. The number of hydrogen-bond donors (Lipinski definition) is 8. The van der Waals surface area contributed by atoms with E-state index in [-0.39, 0.29) is 26.4 Å². The third kappa shape index (κ3) is 27.0. The highest BCUT2D eigenvalue weighted by atomic mass is 16.8. The van der Waals surface area contributed by atoms with Gasteiger partial charge in [-0.2, -0.15) is 0 Å². The van der Waals surface area contributed by atoms with Crippen molar-refractivity contribution >= 4 is 12.0 Å². The first kappa shape index (κ1) is 98.1. The fourth-order valence-electron chi connectivity index (χ4n) is 17.2. The van der Waals surface area contributed by atoms with Crippen LogP contribution in [0.15, 0.2) is 243 Å². The highest BCUT2D eigenvalue weighted by molar-refractivity contribution is 5.73. The van der Waals surface area contributed by atoms with Crippen LogP contribution in [0.5, 0.6) is 0 Å². The second-order valence-electron chi connectivity index (χ2n) is 33.7. The lowest BCUT2D eigenvalue weighted by Crippen LogP contribution is -2.68. The molecule has 698 valence electrons. The Labute approximate surface area is 754 Å². The maximum atomic E-state index is 12.6. The molecule has 129 heavy (non-hydrogen) atoms. The van der Waals surface area contributed by atoms with Gasteiger partial charge in [-0.15, -0.1) is 0 Å². The molecule has 8 aromatic rings. The Morgan fingerprint density at radius 2 is 0.543 bits per heavy atom. The zero-order valence-corrected chi connectivity index (χ0v) is 74.2. The fraction of sp³-hybridized carbons (Fsp3) is 0.500. The summed E-state index contributed by atoms with van der Waals surface area (Å²) in [6.07, 6.45) is -25.5. The first-order valence-corrected chi connectivity index (χ1v) is 44.5. The minimum Gasteiger partial charge on any atom is -0.453 e. The topological polar surface area (TPSA) is 355 Å². The summed E-state index contributed by atoms with van der Waals surface area (Å²) >= 11 is 0. The molecule has 0 aromatic heterocycles. The van der Waals surface area contributed by atoms with Crippen LogP contribution in [-0.2, 0) is 148 Å². The van der Waals surface area contributed by atoms with Crippen LogP contribution in [0.3, 0.4) is 0 Å². The summed E-state index contributed by atoms with van der Waals surface area (Å²) in [6.45, 7) is 14.1. The number of carbonyl (C=O) groups excluding carboxylic acids is 2. The maximum absolute atomic E-state index is 12.6. The smallest absolute Gasteiger partial charge is 0.407 e. The molecule has 12 unspecified atom stereocenters. The monoisotopic (exact) mass is 1790 g/mol. The van der Waals surface area contributed by atoms with Gasteiger partial charge in [-0.25, -0.2) is 4.79 Å². The number of ether oxygens (including phenoxy) is 19. The van der Waals surface area contributed by atoms with Crippen molar-refractivity contribution in [3.63, 3.8) is 0 Å². The minimum absolute atomic E-state index is 0.139. The third-order valence-electron chi connectivity index (χ3n) is 24.2. The van der Waals surface area contributed by atoms with Gasteiger partial charge in [0, 0.05) is 18.8 Å². The van der Waals surface area contributed by atoms with Gasteiger partial charge in [-0.1, -0.05) is 257 Å². The number of rotatable bonds is 38. The Balaban J connectivity index is 0.000000220. The third-order valence-corrected chi connectivity index (χ3v) is 24.2. The quantitative estimate of drug-likeness (QED) is 0.0178. The number of carbonyl (C=O) groups is 2. The fourth-order valence-corrected chi connectivity index (χ4v) is 17.2. The Morgan fingerprint density at radius 3 is 0.822 bits per heavy atom. The van der Waals surface area contributed by atoms with Crippen molar-refractivity contribution in [2.75, 3.05) is 33.5 Å². The van der Waals surface area contributed by atoms with Gasteiger partial charge in [0.2, 0.25) is 5.91 Å². The van der Waals surface area contributed by atoms with Crippen molar-refractivity contribution in [2.24, 2.45) is 11.8 Å². The number of hydrogen-bond acceptors (Lipinski definition) is 27. The molecule has 0 saturated carbocycles. The average molecular weight is 1790 g/mol. The van der Waals surface area contributed by atoms with E-state index < -0.39 is 209 Å². The largest absolute Gasteiger partial charge is 0.453 e. The Hall–Kier alpha value is -8.46. The zero-order valence-electron chi connectivity index (χ0n) is 74.2. The standard InChI is InChI=1S/C50H63NO14.C50H63NO13/c1-31-43(58-27-35-19-11-6-12-20-35)46(60-29-37-23-15-8-16-24-37)39(30-57-26-34-17-9-5-10-18-34)63-48(31)65-47-44(59-28-36-21-13-7-14-22-36)32(2)61-33(3)45(47)64-49-40(51-50(55)56-4)42(54)41(53)38(25-52)62-49;1-31-44(57-27-36-19-11-6-12-20-36)47(59-29-38-23-15-8-16-24-38)40(30-56-26-35-17-9-5-10-18-35)62-49(31)64-48-45(58-28-37-21-13-7-14-22-37)32(2)60-33(3)46(48)63-50-41(51-34(4)53)43(55)42(54)39(25-52)61-50/h5-24,31-33,38-49,52-54H,25-30H2,1-4H3,(H,51,55);5-24,31-33,39-50,52,54-55H,25-30H2,1-4H3,(H,51,53)/t31?,32?,33-,38?,39-,40?,41+,42+,43?,44-,45?,46+,47-,48+,49-;31?,32?,33-,39?,40-,41?,42+,43+,44?,45-,46?,47+,48-,49+,50-/m00/s1. The second-order valence-corrected chi connectivity index (χ2v) is 33.7. The van der Waals surface area contributed by atoms with Gasteiger partial charge >= 0.3 is 6.09 Å². The molecule has 6 aliphatic heterocycles. The van der Waals surface area contributed by atoms with Crippen molar-refractivity contribution in [1.29, 1.82) is 0 Å². The molecule has 0 radical (unpaired) electrons. The number of nitrogens with one attached hydrogen (secondary N) is 2. The van der Waals surface area contributed by atoms with Gasteiger partial charge in [-0.3, -0.25) is 4.79 Å². The van der Waals surface area contributed by atoms with Gasteiger partial charge < -0.3 is 131 Å². The molecule has 29 heteroatoms. The van der Waals surface area contributed by atoms with Crippen LogP contribution >= 0.6 is 0 Å². The molecule has 8 aromatic carbocycles. The van der Waals surface area contributed by atoms with Crippen molar-refractivity contribution in [3.8, 4) is 0 Å². The molecular formula is C100H126N2O27. The van der Waals surface area contributed by atoms with Gasteiger partial charge in [0.1, 0.15) is 110 Å². The zero-order chi connectivity index (χ0) is 90.7. The molecule has 14 rings (SSSR count). The van der Waals surface area contributed by atoms with E-state index in [1.807, 2.05) is 284 Å². The molecule has 0 spiro atoms. The van der Waals surface area contributed by atoms with E-state index in [1.54, 1.807) is 0 Å². The van der Waals surface area contributed by atoms with E-state index >= 15 is 0 Å². The van der Waals surface area contributed by atoms with Crippen LogP contribution in [0, 0.1) is 11.8 Å². The first-order valence-electron chi connectivity index (χ1n) is 44.5. The van der Waals surface area contributed by atoms with E-state index in [9.17, 15) is 40.2 Å². The molecular weight excluding hydrogens is 1660 g/mol. The number of amides is 2. The lowest BCUT2D eigenvalue weighted by atomic mass is 9.90. The molecule has 0 aliphatic carbocycles. The summed E-state index contributed by atoms with van der Waals surface area (Å²) in [7, 11) is 1.17. The van der Waals surface area contributed by atoms with E-state index in [0.717, 1.165) is 44.5 Å². The molecule has 0 bridgehead atoms. The maximum Gasteiger partial charge on any atom is 0.407 e. The van der Waals surface area contributed by atoms with Crippen LogP contribution in [0.25, 0.3) is 0 Å². The van der Waals surface area contributed by atoms with E-state index in [2.05, 4.69) is 10.6 Å². The predicted molar refractivity (Wildman–Crippen MR) is 470 cm³/mol. The summed E-state index contributed by atoms with van der Waals surface area (Å²) in [5, 5.41) is 69.6. The Morgan fingerprint density at radius 1 is 0.295 bits per heavy atom. The van der Waals surface area contributed by atoms with Crippen molar-refractivity contribution in [3.05, 3.63) is 287 Å². The highest BCUT2D eigenvalue weighted by Gasteiger charge is 2.57. The van der Waals surface area contributed by atoms with Crippen molar-refractivity contribution < 1.29 is 130 Å². The summed E-state index contributed by atoms with van der Waals surface area (Å²) in [5.74, 6) is -1.37. The van der Waals surface area contributed by atoms with Crippen LogP contribution in [-0.4, -0.2) is 248 Å². The molecule has 6 fully saturated rings. The molecule has 6 aliphatic rings. The summed E-state index contributed by atoms with van der Waals surface area (Å²) in [6, 6.07) is 76.4. The van der Waals surface area contributed by atoms with Gasteiger partial charge in [0.05, 0.1) is 123 Å². The van der Waals surface area contributed by atoms with Gasteiger partial charge in [0.25, 0.3) is 0 Å². The van der Waals surface area contributed by atoms with Crippen molar-refractivity contribution in [1.82, 2.24) is 10.6 Å². The molecule has 30 atom stereocenters. The molecule has 6 saturated heterocycles. The summed E-state index contributed by atoms with van der Waals surface area (Å²) < 4.78 is 125. The van der Waals surface area contributed by atoms with Crippen LogP contribution in [0.1, 0.15) is 93.0 Å². The lowest BCUT2D eigenvalue weighted by molar-refractivity contribution is -0.362. The first-order chi connectivity index (χ1) is 62.7. The van der Waals surface area contributed by atoms with Crippen LogP contribution in [0.4, 0.5) is 4.79 Å². The summed E-state index contributed by atoms with van der Waals surface area (Å²) in [4.78, 5) is 25.0. The summed E-state index contributed by atoms with van der Waals surface area (Å²) in [5.41, 5.74) is 7.80. The van der Waals surface area contributed by atoms with E-state index in [0.29, 0.717) is 39.6 Å². The normalized spacial score (nSPS) is 32.9. The van der Waals surface area contributed by atoms with Gasteiger partial charge in [0.15, 0.2) is 25.2 Å².